The standard InChI is InChI=1S/C76H141NO5/c1-3-5-7-9-11-13-15-17-19-20-21-22-28-31-34-37-41-44-48-52-56-60-64-68-74(79)73(72-78)77-75(80)69-65-61-57-53-49-45-42-38-35-32-29-26-24-23-25-27-30-33-36-39-43-47-51-55-59-63-67-71-82-76(81)70-66-62-58-54-50-46-40-18-16-14-12-10-8-6-4-2/h12,14,18,23-24,27,30,40,64,68,73-74,78-79H,3-11,13,15-17,19-22,25-26,28-29,31-39,41-63,65-67,69-72H2,1-2H3,(H,77,80)/b14-12-,24-23-,30-27-,40-18-,68-64+. The van der Waals surface area contributed by atoms with Gasteiger partial charge in [-0.25, -0.2) is 0 Å². The molecule has 0 radical (unpaired) electrons. The topological polar surface area (TPSA) is 95.9 Å². The smallest absolute Gasteiger partial charge is 0.305 e. The largest absolute Gasteiger partial charge is 0.466 e. The van der Waals surface area contributed by atoms with E-state index in [1.54, 1.807) is 6.08 Å². The molecule has 3 N–H and O–H groups in total. The summed E-state index contributed by atoms with van der Waals surface area (Å²) in [7, 11) is 0. The van der Waals surface area contributed by atoms with Crippen molar-refractivity contribution in [2.24, 2.45) is 0 Å². The summed E-state index contributed by atoms with van der Waals surface area (Å²) < 4.78 is 5.48. The number of allylic oxidation sites excluding steroid dienone is 9. The molecular weight excluding hydrogens is 1010 g/mol. The molecule has 0 bridgehead atoms. The first kappa shape index (κ1) is 79.6. The molecule has 0 aromatic carbocycles. The van der Waals surface area contributed by atoms with E-state index in [1.165, 1.54) is 302 Å². The van der Waals surface area contributed by atoms with Crippen LogP contribution in [0.1, 0.15) is 386 Å². The first-order chi connectivity index (χ1) is 40.5. The van der Waals surface area contributed by atoms with Crippen molar-refractivity contribution in [2.45, 2.75) is 398 Å². The molecule has 0 saturated carbocycles. The summed E-state index contributed by atoms with van der Waals surface area (Å²) >= 11 is 0. The van der Waals surface area contributed by atoms with E-state index in [0.717, 1.165) is 57.8 Å². The number of ether oxygens (including phenoxy) is 1. The van der Waals surface area contributed by atoms with Gasteiger partial charge < -0.3 is 20.3 Å². The van der Waals surface area contributed by atoms with Crippen LogP contribution in [0.15, 0.2) is 60.8 Å². The summed E-state index contributed by atoms with van der Waals surface area (Å²) in [5.41, 5.74) is 0. The Morgan fingerprint density at radius 1 is 0.341 bits per heavy atom. The number of unbranched alkanes of at least 4 members (excludes halogenated alkanes) is 49. The third-order valence-electron chi connectivity index (χ3n) is 16.8. The van der Waals surface area contributed by atoms with Gasteiger partial charge in [0.1, 0.15) is 0 Å². The fourth-order valence-electron chi connectivity index (χ4n) is 11.2. The minimum absolute atomic E-state index is 0.00378. The van der Waals surface area contributed by atoms with Crippen molar-refractivity contribution in [2.75, 3.05) is 13.2 Å². The van der Waals surface area contributed by atoms with Crippen LogP contribution in [-0.2, 0) is 14.3 Å². The molecule has 0 heterocycles. The highest BCUT2D eigenvalue weighted by Gasteiger charge is 2.18. The number of rotatable bonds is 68. The number of aliphatic hydroxyl groups excluding tert-OH is 2. The molecule has 6 heteroatoms. The highest BCUT2D eigenvalue weighted by Crippen LogP contribution is 2.18. The quantitative estimate of drug-likeness (QED) is 0.0320. The van der Waals surface area contributed by atoms with Gasteiger partial charge in [-0.2, -0.15) is 0 Å². The van der Waals surface area contributed by atoms with E-state index in [2.05, 4.69) is 67.8 Å². The molecule has 6 nitrogen and oxygen atoms in total. The molecule has 0 fully saturated rings. The fourth-order valence-corrected chi connectivity index (χ4v) is 11.2. The summed E-state index contributed by atoms with van der Waals surface area (Å²) in [6.45, 7) is 4.89. The van der Waals surface area contributed by atoms with Gasteiger partial charge in [0, 0.05) is 12.8 Å². The second-order valence-electron chi connectivity index (χ2n) is 24.9. The Morgan fingerprint density at radius 2 is 0.610 bits per heavy atom. The third-order valence-corrected chi connectivity index (χ3v) is 16.8. The summed E-state index contributed by atoms with van der Waals surface area (Å²) in [6.07, 6.45) is 94.5. The third kappa shape index (κ3) is 66.7. The van der Waals surface area contributed by atoms with Crippen LogP contribution in [0.3, 0.4) is 0 Å². The number of hydrogen-bond donors (Lipinski definition) is 3. The molecule has 2 atom stereocenters. The van der Waals surface area contributed by atoms with Gasteiger partial charge in [0.05, 0.1) is 25.4 Å². The Labute approximate surface area is 511 Å². The highest BCUT2D eigenvalue weighted by molar-refractivity contribution is 5.76. The molecule has 0 saturated heterocycles. The van der Waals surface area contributed by atoms with Crippen LogP contribution in [0, 0.1) is 0 Å². The molecule has 0 spiro atoms. The van der Waals surface area contributed by atoms with E-state index in [0.29, 0.717) is 19.4 Å². The second-order valence-corrected chi connectivity index (χ2v) is 24.9. The van der Waals surface area contributed by atoms with Crippen LogP contribution >= 0.6 is 0 Å². The second kappa shape index (κ2) is 71.0. The van der Waals surface area contributed by atoms with E-state index in [1.807, 2.05) is 6.08 Å². The van der Waals surface area contributed by atoms with Crippen LogP contribution < -0.4 is 5.32 Å². The average Bonchev–Trinajstić information content (AvgIpc) is 3.48. The van der Waals surface area contributed by atoms with Crippen LogP contribution in [0.25, 0.3) is 0 Å². The highest BCUT2D eigenvalue weighted by atomic mass is 16.5. The number of carbonyl (C=O) groups excluding carboxylic acids is 2. The van der Waals surface area contributed by atoms with Gasteiger partial charge in [0.15, 0.2) is 0 Å². The minimum atomic E-state index is -0.849. The van der Waals surface area contributed by atoms with E-state index in [4.69, 9.17) is 4.74 Å². The van der Waals surface area contributed by atoms with Crippen molar-refractivity contribution in [1.29, 1.82) is 0 Å². The van der Waals surface area contributed by atoms with Crippen LogP contribution in [0.5, 0.6) is 0 Å². The summed E-state index contributed by atoms with van der Waals surface area (Å²) in [6, 6.07) is -0.633. The predicted molar refractivity (Wildman–Crippen MR) is 361 cm³/mol. The number of aliphatic hydroxyl groups is 2. The van der Waals surface area contributed by atoms with Crippen molar-refractivity contribution in [3.8, 4) is 0 Å². The number of nitrogens with one attached hydrogen (secondary N) is 1. The molecule has 0 aliphatic heterocycles. The Balaban J connectivity index is 3.45. The Morgan fingerprint density at radius 3 is 0.951 bits per heavy atom. The lowest BCUT2D eigenvalue weighted by molar-refractivity contribution is -0.143. The van der Waals surface area contributed by atoms with Crippen molar-refractivity contribution in [3.05, 3.63) is 60.8 Å². The Kier molecular flexibility index (Phi) is 68.9. The van der Waals surface area contributed by atoms with E-state index in [9.17, 15) is 19.8 Å². The van der Waals surface area contributed by atoms with Gasteiger partial charge in [-0.1, -0.05) is 338 Å². The lowest BCUT2D eigenvalue weighted by Crippen LogP contribution is -2.45. The maximum atomic E-state index is 12.5. The van der Waals surface area contributed by atoms with Crippen LogP contribution in [0.2, 0.25) is 0 Å². The molecule has 82 heavy (non-hydrogen) atoms. The lowest BCUT2D eigenvalue weighted by Gasteiger charge is -2.20. The van der Waals surface area contributed by atoms with Crippen molar-refractivity contribution < 1.29 is 24.5 Å². The van der Waals surface area contributed by atoms with Gasteiger partial charge in [-0.3, -0.25) is 9.59 Å². The molecular formula is C76H141NO5. The summed E-state index contributed by atoms with van der Waals surface area (Å²) in [5.74, 6) is -0.0719. The monoisotopic (exact) mass is 1150 g/mol. The van der Waals surface area contributed by atoms with E-state index >= 15 is 0 Å². The van der Waals surface area contributed by atoms with Gasteiger partial charge in [-0.05, 0) is 96.3 Å². The summed E-state index contributed by atoms with van der Waals surface area (Å²) in [5, 5.41) is 23.3. The maximum Gasteiger partial charge on any atom is 0.305 e. The lowest BCUT2D eigenvalue weighted by atomic mass is 10.0. The van der Waals surface area contributed by atoms with Crippen LogP contribution in [-0.4, -0.2) is 47.4 Å². The molecule has 480 valence electrons. The number of carbonyl (C=O) groups is 2. The van der Waals surface area contributed by atoms with Crippen molar-refractivity contribution in [3.63, 3.8) is 0 Å². The fraction of sp³-hybridized carbons (Fsp3) is 0.842. The molecule has 0 aliphatic carbocycles. The zero-order valence-electron chi connectivity index (χ0n) is 55.0. The van der Waals surface area contributed by atoms with Crippen LogP contribution in [0.4, 0.5) is 0 Å². The number of esters is 1. The minimum Gasteiger partial charge on any atom is -0.466 e. The average molecular weight is 1150 g/mol. The van der Waals surface area contributed by atoms with Gasteiger partial charge in [0.2, 0.25) is 5.91 Å². The molecule has 0 aliphatic rings. The molecule has 0 aromatic heterocycles. The van der Waals surface area contributed by atoms with Crippen molar-refractivity contribution >= 4 is 11.9 Å². The maximum absolute atomic E-state index is 12.5. The Bertz CT molecular complexity index is 1420. The van der Waals surface area contributed by atoms with Gasteiger partial charge in [-0.15, -0.1) is 0 Å². The first-order valence-corrected chi connectivity index (χ1v) is 36.6. The predicted octanol–water partition coefficient (Wildman–Crippen LogP) is 23.8. The molecule has 2 unspecified atom stereocenters. The summed E-state index contributed by atoms with van der Waals surface area (Å²) in [4.78, 5) is 24.6. The number of amides is 1. The van der Waals surface area contributed by atoms with E-state index < -0.39 is 12.1 Å². The van der Waals surface area contributed by atoms with E-state index in [-0.39, 0.29) is 18.5 Å². The Hall–Kier alpha value is -2.44. The van der Waals surface area contributed by atoms with Gasteiger partial charge in [0.25, 0.3) is 0 Å². The first-order valence-electron chi connectivity index (χ1n) is 36.6. The molecule has 0 aromatic rings. The zero-order valence-corrected chi connectivity index (χ0v) is 55.0. The normalized spacial score (nSPS) is 12.9. The van der Waals surface area contributed by atoms with Gasteiger partial charge >= 0.3 is 5.97 Å². The number of hydrogen-bond acceptors (Lipinski definition) is 5. The zero-order chi connectivity index (χ0) is 59.2. The molecule has 0 rings (SSSR count). The SMILES string of the molecule is CCCCC/C=C\C/C=C\CCCCCCCC(=O)OCCCCCCCCCCC/C=C\C/C=C\CCCCCCCCCCCCCC(=O)NC(CO)C(O)/C=C/CCCCCCCCCCCCCCCCCCCCCCC. The molecule has 1 amide bonds. The van der Waals surface area contributed by atoms with Crippen molar-refractivity contribution in [1.82, 2.24) is 5.32 Å².